The fourth-order valence-corrected chi connectivity index (χ4v) is 3.61. The first-order chi connectivity index (χ1) is 13.6. The average Bonchev–Trinajstić information content (AvgIpc) is 3.00. The van der Waals surface area contributed by atoms with Gasteiger partial charge in [-0.25, -0.2) is 0 Å². The van der Waals surface area contributed by atoms with Gasteiger partial charge in [0.15, 0.2) is 0 Å². The van der Waals surface area contributed by atoms with Crippen molar-refractivity contribution < 1.29 is 14.3 Å². The third-order valence-corrected chi connectivity index (χ3v) is 5.04. The molecule has 5 nitrogen and oxygen atoms in total. The Bertz CT molecular complexity index is 1030. The van der Waals surface area contributed by atoms with Crippen LogP contribution in [-0.4, -0.2) is 20.1 Å². The minimum Gasteiger partial charge on any atom is -0.497 e. The average molecular weight is 374 g/mol. The number of fused-ring (bicyclic) bond motifs is 1. The minimum atomic E-state index is -0.356. The van der Waals surface area contributed by atoms with Crippen LogP contribution in [-0.2, 0) is 0 Å². The van der Waals surface area contributed by atoms with Crippen molar-refractivity contribution >= 4 is 17.3 Å². The van der Waals surface area contributed by atoms with E-state index in [1.54, 1.807) is 19.1 Å². The SMILES string of the molecule is COc1ccc(OC)c(N[C@H]2c3ccccc3C(=O)N2c2ccccc2C)c1. The van der Waals surface area contributed by atoms with E-state index in [-0.39, 0.29) is 12.1 Å². The second kappa shape index (κ2) is 7.27. The Morgan fingerprint density at radius 2 is 1.68 bits per heavy atom. The van der Waals surface area contributed by atoms with Crippen molar-refractivity contribution in [3.8, 4) is 11.5 Å². The van der Waals surface area contributed by atoms with E-state index < -0.39 is 0 Å². The molecule has 1 N–H and O–H groups in total. The molecule has 0 saturated carbocycles. The van der Waals surface area contributed by atoms with Gasteiger partial charge >= 0.3 is 0 Å². The van der Waals surface area contributed by atoms with Gasteiger partial charge < -0.3 is 14.8 Å². The van der Waals surface area contributed by atoms with Crippen LogP contribution in [0.25, 0.3) is 0 Å². The first-order valence-electron chi connectivity index (χ1n) is 9.10. The van der Waals surface area contributed by atoms with E-state index in [2.05, 4.69) is 5.32 Å². The van der Waals surface area contributed by atoms with Crippen molar-refractivity contribution in [2.75, 3.05) is 24.4 Å². The summed E-state index contributed by atoms with van der Waals surface area (Å²) in [6.45, 7) is 2.01. The van der Waals surface area contributed by atoms with E-state index in [0.29, 0.717) is 17.1 Å². The van der Waals surface area contributed by atoms with Crippen molar-refractivity contribution in [3.63, 3.8) is 0 Å². The highest BCUT2D eigenvalue weighted by Gasteiger charge is 2.38. The fraction of sp³-hybridized carbons (Fsp3) is 0.174. The van der Waals surface area contributed by atoms with Gasteiger partial charge in [-0.15, -0.1) is 0 Å². The highest BCUT2D eigenvalue weighted by molar-refractivity contribution is 6.11. The number of nitrogens with zero attached hydrogens (tertiary/aromatic N) is 1. The van der Waals surface area contributed by atoms with Gasteiger partial charge in [0.05, 0.1) is 19.9 Å². The van der Waals surface area contributed by atoms with Crippen LogP contribution in [0.1, 0.15) is 27.7 Å². The maximum Gasteiger partial charge on any atom is 0.260 e. The first kappa shape index (κ1) is 17.9. The lowest BCUT2D eigenvalue weighted by Gasteiger charge is -2.29. The molecule has 28 heavy (non-hydrogen) atoms. The van der Waals surface area contributed by atoms with Gasteiger partial charge in [0, 0.05) is 22.9 Å². The summed E-state index contributed by atoms with van der Waals surface area (Å²) in [6.07, 6.45) is -0.356. The normalized spacial score (nSPS) is 15.3. The van der Waals surface area contributed by atoms with Crippen molar-refractivity contribution in [2.45, 2.75) is 13.1 Å². The number of aryl methyl sites for hydroxylation is 1. The Hall–Kier alpha value is -3.47. The summed E-state index contributed by atoms with van der Waals surface area (Å²) in [6, 6.07) is 21.2. The zero-order valence-electron chi connectivity index (χ0n) is 16.1. The number of para-hydroxylation sites is 1. The summed E-state index contributed by atoms with van der Waals surface area (Å²) in [5.74, 6) is 1.37. The van der Waals surface area contributed by atoms with Crippen LogP contribution < -0.4 is 19.7 Å². The van der Waals surface area contributed by atoms with E-state index in [9.17, 15) is 4.79 Å². The van der Waals surface area contributed by atoms with E-state index >= 15 is 0 Å². The monoisotopic (exact) mass is 374 g/mol. The topological polar surface area (TPSA) is 50.8 Å². The molecule has 0 unspecified atom stereocenters. The molecule has 1 aliphatic rings. The van der Waals surface area contributed by atoms with E-state index in [1.165, 1.54) is 0 Å². The molecule has 1 heterocycles. The predicted molar refractivity (Wildman–Crippen MR) is 110 cm³/mol. The van der Waals surface area contributed by atoms with E-state index in [4.69, 9.17) is 9.47 Å². The Morgan fingerprint density at radius 3 is 2.43 bits per heavy atom. The van der Waals surface area contributed by atoms with Crippen LogP contribution in [0.2, 0.25) is 0 Å². The van der Waals surface area contributed by atoms with Gasteiger partial charge in [0.1, 0.15) is 17.7 Å². The molecule has 3 aromatic rings. The first-order valence-corrected chi connectivity index (χ1v) is 9.10. The molecule has 142 valence electrons. The number of anilines is 2. The lowest BCUT2D eigenvalue weighted by atomic mass is 10.1. The summed E-state index contributed by atoms with van der Waals surface area (Å²) < 4.78 is 10.9. The molecule has 1 aliphatic heterocycles. The second-order valence-electron chi connectivity index (χ2n) is 6.66. The molecule has 3 aromatic carbocycles. The standard InChI is InChI=1S/C23H22N2O3/c1-15-8-4-7-11-20(15)25-22(17-9-5-6-10-18(17)23(25)26)24-19-14-16(27-2)12-13-21(19)28-3/h4-14,22,24H,1-3H3/t22-/m1/s1. The summed E-state index contributed by atoms with van der Waals surface area (Å²) in [7, 11) is 3.25. The summed E-state index contributed by atoms with van der Waals surface area (Å²) >= 11 is 0. The van der Waals surface area contributed by atoms with Crippen LogP contribution in [0.3, 0.4) is 0 Å². The maximum atomic E-state index is 13.3. The van der Waals surface area contributed by atoms with Crippen LogP contribution in [0.15, 0.2) is 66.7 Å². The highest BCUT2D eigenvalue weighted by Crippen LogP contribution is 2.41. The molecule has 0 fully saturated rings. The van der Waals surface area contributed by atoms with E-state index in [0.717, 1.165) is 22.5 Å². The summed E-state index contributed by atoms with van der Waals surface area (Å²) in [5, 5.41) is 3.50. The number of carbonyl (C=O) groups is 1. The van der Waals surface area contributed by atoms with Crippen LogP contribution in [0, 0.1) is 6.92 Å². The molecule has 4 rings (SSSR count). The Labute approximate surface area is 164 Å². The van der Waals surface area contributed by atoms with Gasteiger partial charge in [-0.3, -0.25) is 9.69 Å². The van der Waals surface area contributed by atoms with Crippen molar-refractivity contribution in [2.24, 2.45) is 0 Å². The predicted octanol–water partition coefficient (Wildman–Crippen LogP) is 4.78. The molecule has 5 heteroatoms. The number of carbonyl (C=O) groups excluding carboxylic acids is 1. The molecule has 1 amide bonds. The molecular weight excluding hydrogens is 352 g/mol. The largest absolute Gasteiger partial charge is 0.497 e. The number of methoxy groups -OCH3 is 2. The third kappa shape index (κ3) is 2.95. The molecular formula is C23H22N2O3. The minimum absolute atomic E-state index is 0.0238. The highest BCUT2D eigenvalue weighted by atomic mass is 16.5. The van der Waals surface area contributed by atoms with Gasteiger partial charge in [0.2, 0.25) is 0 Å². The number of hydrogen-bond donors (Lipinski definition) is 1. The van der Waals surface area contributed by atoms with Gasteiger partial charge in [-0.1, -0.05) is 36.4 Å². The molecule has 1 atom stereocenters. The quantitative estimate of drug-likeness (QED) is 0.698. The number of hydrogen-bond acceptors (Lipinski definition) is 4. The van der Waals surface area contributed by atoms with Crippen molar-refractivity contribution in [1.82, 2.24) is 0 Å². The molecule has 0 saturated heterocycles. The summed E-state index contributed by atoms with van der Waals surface area (Å²) in [4.78, 5) is 15.1. The number of benzene rings is 3. The fourth-order valence-electron chi connectivity index (χ4n) is 3.61. The van der Waals surface area contributed by atoms with Gasteiger partial charge in [-0.05, 0) is 36.8 Å². The van der Waals surface area contributed by atoms with Crippen LogP contribution in [0.4, 0.5) is 11.4 Å². The van der Waals surface area contributed by atoms with Crippen LogP contribution in [0.5, 0.6) is 11.5 Å². The number of ether oxygens (including phenoxy) is 2. The van der Waals surface area contributed by atoms with Crippen molar-refractivity contribution in [3.05, 3.63) is 83.4 Å². The molecule has 0 aliphatic carbocycles. The number of rotatable bonds is 5. The number of amides is 1. The zero-order valence-corrected chi connectivity index (χ0v) is 16.1. The summed E-state index contributed by atoms with van der Waals surface area (Å²) in [5.41, 5.74) is 4.30. The maximum absolute atomic E-state index is 13.3. The Balaban J connectivity index is 1.83. The van der Waals surface area contributed by atoms with Crippen molar-refractivity contribution in [1.29, 1.82) is 0 Å². The second-order valence-corrected chi connectivity index (χ2v) is 6.66. The van der Waals surface area contributed by atoms with Gasteiger partial charge in [0.25, 0.3) is 5.91 Å². The lowest BCUT2D eigenvalue weighted by molar-refractivity contribution is 0.0992. The zero-order chi connectivity index (χ0) is 19.7. The molecule has 0 radical (unpaired) electrons. The Kier molecular flexibility index (Phi) is 4.65. The van der Waals surface area contributed by atoms with E-state index in [1.807, 2.05) is 73.7 Å². The molecule has 0 aromatic heterocycles. The smallest absolute Gasteiger partial charge is 0.260 e. The lowest BCUT2D eigenvalue weighted by Crippen LogP contribution is -2.32. The third-order valence-electron chi connectivity index (χ3n) is 5.04. The molecule has 0 bridgehead atoms. The Morgan fingerprint density at radius 1 is 0.929 bits per heavy atom. The van der Waals surface area contributed by atoms with Gasteiger partial charge in [-0.2, -0.15) is 0 Å². The van der Waals surface area contributed by atoms with Crippen LogP contribution >= 0.6 is 0 Å². The molecule has 0 spiro atoms. The number of nitrogens with one attached hydrogen (secondary N) is 1.